The lowest BCUT2D eigenvalue weighted by atomic mass is 10.7. The van der Waals surface area contributed by atoms with E-state index in [1.54, 1.807) is 0 Å². The summed E-state index contributed by atoms with van der Waals surface area (Å²) >= 11 is 0. The second-order valence-electron chi connectivity index (χ2n) is 1.84. The maximum absolute atomic E-state index is 12.4. The molecule has 3 heteroatoms. The maximum Gasteiger partial charge on any atom is 0.432 e. The molecule has 0 aromatic carbocycles. The first-order valence-electron chi connectivity index (χ1n) is 2.72. The van der Waals surface area contributed by atoms with E-state index in [1.807, 2.05) is 0 Å². The highest BCUT2D eigenvalue weighted by Crippen LogP contribution is 2.18. The second kappa shape index (κ2) is 3.56. The van der Waals surface area contributed by atoms with Crippen LogP contribution in [0.1, 0.15) is 0 Å². The highest BCUT2D eigenvalue weighted by Gasteiger charge is 2.31. The predicted octanol–water partition coefficient (Wildman–Crippen LogP) is 2.74. The molecule has 0 nitrogen and oxygen atoms in total. The zero-order valence-electron chi connectivity index (χ0n) is 5.24. The molecule has 0 radical (unpaired) electrons. The quantitative estimate of drug-likeness (QED) is 0.327. The fourth-order valence-electron chi connectivity index (χ4n) is 0.506. The van der Waals surface area contributed by atoms with Crippen LogP contribution >= 0.6 is 0 Å². The van der Waals surface area contributed by atoms with Gasteiger partial charge in [-0.05, 0) is 0 Å². The molecule has 9 heavy (non-hydrogen) atoms. The molecule has 0 aliphatic rings. The summed E-state index contributed by atoms with van der Waals surface area (Å²) < 4.78 is 24.8. The van der Waals surface area contributed by atoms with Crippen molar-refractivity contribution in [2.24, 2.45) is 0 Å². The Kier molecular flexibility index (Phi) is 3.38. The molecule has 0 aromatic heterocycles. The molecule has 0 amide bonds. The summed E-state index contributed by atoms with van der Waals surface area (Å²) in [7, 11) is -3.94. The van der Waals surface area contributed by atoms with Crippen molar-refractivity contribution in [2.75, 3.05) is 0 Å². The number of allylic oxidation sites excluding steroid dienone is 2. The van der Waals surface area contributed by atoms with Gasteiger partial charge in [-0.1, -0.05) is 12.2 Å². The van der Waals surface area contributed by atoms with Crippen molar-refractivity contribution in [1.82, 2.24) is 0 Å². The van der Waals surface area contributed by atoms with Crippen molar-refractivity contribution < 1.29 is 8.22 Å². The minimum atomic E-state index is -3.94. The number of hydrogen-bond donors (Lipinski definition) is 0. The van der Waals surface area contributed by atoms with E-state index in [0.29, 0.717) is 0 Å². The van der Waals surface area contributed by atoms with E-state index in [1.165, 1.54) is 12.2 Å². The molecule has 0 aliphatic carbocycles. The molecule has 0 heterocycles. The Balaban J connectivity index is 3.68. The molecule has 0 N–H and O–H groups in total. The lowest BCUT2D eigenvalue weighted by Gasteiger charge is -2.05. The zero-order valence-corrected chi connectivity index (χ0v) is 6.24. The van der Waals surface area contributed by atoms with Gasteiger partial charge in [-0.15, -0.1) is 13.2 Å². The van der Waals surface area contributed by atoms with Crippen LogP contribution in [0.15, 0.2) is 25.3 Å². The molecule has 0 unspecified atom stereocenters. The van der Waals surface area contributed by atoms with Gasteiger partial charge >= 0.3 is 8.74 Å². The third kappa shape index (κ3) is 4.09. The Hall–Kier alpha value is -0.443. The van der Waals surface area contributed by atoms with Crippen LogP contribution in [0.3, 0.4) is 0 Å². The lowest BCUT2D eigenvalue weighted by Crippen LogP contribution is -2.18. The Morgan fingerprint density at radius 3 is 1.67 bits per heavy atom. The monoisotopic (exact) mass is 148 g/mol. The Labute approximate surface area is 55.2 Å². The SMILES string of the molecule is C=CC[Si](F)(F)CC=C. The summed E-state index contributed by atoms with van der Waals surface area (Å²) in [5.41, 5.74) is 0. The van der Waals surface area contributed by atoms with E-state index in [-0.39, 0.29) is 12.1 Å². The molecule has 0 spiro atoms. The van der Waals surface area contributed by atoms with Crippen LogP contribution < -0.4 is 0 Å². The van der Waals surface area contributed by atoms with Gasteiger partial charge in [0.25, 0.3) is 0 Å². The summed E-state index contributed by atoms with van der Waals surface area (Å²) in [6.07, 6.45) is 2.55. The minimum absolute atomic E-state index is 0.126. The van der Waals surface area contributed by atoms with E-state index in [2.05, 4.69) is 13.2 Å². The van der Waals surface area contributed by atoms with E-state index in [4.69, 9.17) is 0 Å². The molecule has 0 aliphatic heterocycles. The van der Waals surface area contributed by atoms with Crippen LogP contribution in [0.25, 0.3) is 0 Å². The lowest BCUT2D eigenvalue weighted by molar-refractivity contribution is 0.608. The van der Waals surface area contributed by atoms with Crippen LogP contribution in [-0.4, -0.2) is 8.74 Å². The Morgan fingerprint density at radius 1 is 1.11 bits per heavy atom. The van der Waals surface area contributed by atoms with Crippen molar-refractivity contribution in [3.05, 3.63) is 25.3 Å². The van der Waals surface area contributed by atoms with Crippen molar-refractivity contribution in [1.29, 1.82) is 0 Å². The van der Waals surface area contributed by atoms with Gasteiger partial charge in [0.1, 0.15) is 0 Å². The van der Waals surface area contributed by atoms with Crippen LogP contribution in [0, 0.1) is 0 Å². The molecule has 0 saturated heterocycles. The smallest absolute Gasteiger partial charge is 0.270 e. The minimum Gasteiger partial charge on any atom is -0.270 e. The highest BCUT2D eigenvalue weighted by atomic mass is 28.4. The van der Waals surface area contributed by atoms with Crippen molar-refractivity contribution in [3.8, 4) is 0 Å². The van der Waals surface area contributed by atoms with Gasteiger partial charge in [-0.25, -0.2) is 0 Å². The maximum atomic E-state index is 12.4. The summed E-state index contributed by atoms with van der Waals surface area (Å²) in [5, 5.41) is 0. The van der Waals surface area contributed by atoms with E-state index in [0.717, 1.165) is 0 Å². The van der Waals surface area contributed by atoms with E-state index in [9.17, 15) is 8.22 Å². The molecule has 0 rings (SSSR count). The van der Waals surface area contributed by atoms with Crippen molar-refractivity contribution in [2.45, 2.75) is 12.1 Å². The Bertz CT molecular complexity index is 97.6. The van der Waals surface area contributed by atoms with Gasteiger partial charge in [-0.3, -0.25) is 8.22 Å². The third-order valence-electron chi connectivity index (χ3n) is 0.886. The van der Waals surface area contributed by atoms with Gasteiger partial charge in [-0.2, -0.15) is 0 Å². The standard InChI is InChI=1S/C6H10F2Si/c1-3-5-9(7,8)6-4-2/h3-4H,1-2,5-6H2. The van der Waals surface area contributed by atoms with Gasteiger partial charge in [0, 0.05) is 12.1 Å². The zero-order chi connectivity index (χ0) is 7.33. The number of hydrogen-bond acceptors (Lipinski definition) is 0. The van der Waals surface area contributed by atoms with E-state index >= 15 is 0 Å². The normalized spacial score (nSPS) is 10.9. The van der Waals surface area contributed by atoms with Crippen LogP contribution in [0.5, 0.6) is 0 Å². The third-order valence-corrected chi connectivity index (χ3v) is 2.66. The summed E-state index contributed by atoms with van der Waals surface area (Å²) in [5.74, 6) is 0. The fourth-order valence-corrected chi connectivity index (χ4v) is 1.52. The first-order valence-corrected chi connectivity index (χ1v) is 4.89. The Morgan fingerprint density at radius 2 is 1.44 bits per heavy atom. The van der Waals surface area contributed by atoms with Gasteiger partial charge in [0.2, 0.25) is 0 Å². The first kappa shape index (κ1) is 8.56. The first-order chi connectivity index (χ1) is 4.12. The van der Waals surface area contributed by atoms with Gasteiger partial charge in [0.05, 0.1) is 0 Å². The van der Waals surface area contributed by atoms with E-state index < -0.39 is 8.74 Å². The van der Waals surface area contributed by atoms with Crippen LogP contribution in [0.4, 0.5) is 8.22 Å². The molecule has 0 saturated carbocycles. The average Bonchev–Trinajstić information content (AvgIpc) is 1.64. The van der Waals surface area contributed by atoms with Crippen molar-refractivity contribution in [3.63, 3.8) is 0 Å². The largest absolute Gasteiger partial charge is 0.432 e. The molecule has 0 fully saturated rings. The molecule has 0 bridgehead atoms. The molecular formula is C6H10F2Si. The highest BCUT2D eigenvalue weighted by molar-refractivity contribution is 6.67. The molecular weight excluding hydrogens is 138 g/mol. The summed E-state index contributed by atoms with van der Waals surface area (Å²) in [6, 6.07) is -0.252. The van der Waals surface area contributed by atoms with Gasteiger partial charge < -0.3 is 0 Å². The fraction of sp³-hybridized carbons (Fsp3) is 0.333. The summed E-state index contributed by atoms with van der Waals surface area (Å²) in [4.78, 5) is 0. The number of halogens is 2. The van der Waals surface area contributed by atoms with Crippen molar-refractivity contribution >= 4 is 8.74 Å². The molecule has 52 valence electrons. The molecule has 0 aromatic rings. The number of rotatable bonds is 4. The predicted molar refractivity (Wildman–Crippen MR) is 38.0 cm³/mol. The summed E-state index contributed by atoms with van der Waals surface area (Å²) in [6.45, 7) is 6.50. The average molecular weight is 148 g/mol. The molecule has 0 atom stereocenters. The van der Waals surface area contributed by atoms with Crippen LogP contribution in [-0.2, 0) is 0 Å². The topological polar surface area (TPSA) is 0 Å². The second-order valence-corrected chi connectivity index (χ2v) is 4.37. The van der Waals surface area contributed by atoms with Gasteiger partial charge in [0.15, 0.2) is 0 Å². The van der Waals surface area contributed by atoms with Crippen LogP contribution in [0.2, 0.25) is 12.1 Å².